The zero-order valence-corrected chi connectivity index (χ0v) is 9.56. The van der Waals surface area contributed by atoms with Crippen molar-refractivity contribution in [2.75, 3.05) is 13.2 Å². The van der Waals surface area contributed by atoms with Gasteiger partial charge in [-0.25, -0.2) is 0 Å². The lowest BCUT2D eigenvalue weighted by Gasteiger charge is -2.16. The van der Waals surface area contributed by atoms with Crippen LogP contribution in [-0.2, 0) is 0 Å². The minimum atomic E-state index is -1.18. The van der Waals surface area contributed by atoms with Gasteiger partial charge in [-0.2, -0.15) is 10.2 Å². The molecule has 3 N–H and O–H groups in total. The van der Waals surface area contributed by atoms with Crippen LogP contribution in [-0.4, -0.2) is 40.3 Å². The molecule has 5 heteroatoms. The lowest BCUT2D eigenvalue weighted by Crippen LogP contribution is -2.21. The van der Waals surface area contributed by atoms with Crippen molar-refractivity contribution in [2.45, 2.75) is 51.3 Å². The molecule has 90 valence electrons. The molecule has 0 fully saturated rings. The second kappa shape index (κ2) is 7.73. The van der Waals surface area contributed by atoms with E-state index in [0.717, 1.165) is 6.42 Å². The number of nitrogens with zero attached hydrogens (tertiary/aromatic N) is 2. The minimum Gasteiger partial charge on any atom is -0.396 e. The molecule has 0 rings (SSSR count). The summed E-state index contributed by atoms with van der Waals surface area (Å²) in [5, 5.41) is 34.7. The standard InChI is InChI=1S/C10H22N2O3/c1-9(5-3-7-13)11-12-10(2,15)6-4-8-14/h9,13-15H,3-8H2,1-2H3. The van der Waals surface area contributed by atoms with E-state index in [2.05, 4.69) is 10.2 Å². The summed E-state index contributed by atoms with van der Waals surface area (Å²) in [6.07, 6.45) is 2.37. The smallest absolute Gasteiger partial charge is 0.173 e. The predicted octanol–water partition coefficient (Wildman–Crippen LogP) is 1.08. The summed E-state index contributed by atoms with van der Waals surface area (Å²) in [5.41, 5.74) is -1.18. The van der Waals surface area contributed by atoms with E-state index in [0.29, 0.717) is 19.3 Å². The summed E-state index contributed by atoms with van der Waals surface area (Å²) in [6, 6.07) is 0.0118. The summed E-state index contributed by atoms with van der Waals surface area (Å²) in [6.45, 7) is 3.67. The summed E-state index contributed by atoms with van der Waals surface area (Å²) in [4.78, 5) is 0. The van der Waals surface area contributed by atoms with Gasteiger partial charge in [0.1, 0.15) is 0 Å². The molecule has 0 saturated heterocycles. The predicted molar refractivity (Wildman–Crippen MR) is 57.6 cm³/mol. The molecule has 0 aliphatic carbocycles. The zero-order valence-electron chi connectivity index (χ0n) is 9.56. The van der Waals surface area contributed by atoms with E-state index in [1.54, 1.807) is 6.92 Å². The van der Waals surface area contributed by atoms with Crippen LogP contribution in [0.1, 0.15) is 39.5 Å². The van der Waals surface area contributed by atoms with Crippen LogP contribution in [0.5, 0.6) is 0 Å². The van der Waals surface area contributed by atoms with Gasteiger partial charge in [0, 0.05) is 19.6 Å². The van der Waals surface area contributed by atoms with Crippen molar-refractivity contribution < 1.29 is 15.3 Å². The first kappa shape index (κ1) is 14.5. The Hall–Kier alpha value is -0.520. The lowest BCUT2D eigenvalue weighted by atomic mass is 10.1. The molecule has 0 aromatic heterocycles. The Morgan fingerprint density at radius 2 is 1.80 bits per heavy atom. The molecule has 15 heavy (non-hydrogen) atoms. The van der Waals surface area contributed by atoms with Crippen LogP contribution in [0, 0.1) is 0 Å². The highest BCUT2D eigenvalue weighted by molar-refractivity contribution is 4.68. The monoisotopic (exact) mass is 218 g/mol. The number of azo groups is 1. The van der Waals surface area contributed by atoms with Crippen LogP contribution in [0.25, 0.3) is 0 Å². The third kappa shape index (κ3) is 8.47. The first-order valence-corrected chi connectivity index (χ1v) is 5.38. The second-order valence-electron chi connectivity index (χ2n) is 3.97. The first-order valence-electron chi connectivity index (χ1n) is 5.38. The van der Waals surface area contributed by atoms with Crippen molar-refractivity contribution in [1.82, 2.24) is 0 Å². The molecule has 0 saturated carbocycles. The van der Waals surface area contributed by atoms with Gasteiger partial charge < -0.3 is 15.3 Å². The van der Waals surface area contributed by atoms with Crippen LogP contribution in [0.2, 0.25) is 0 Å². The molecule has 2 unspecified atom stereocenters. The highest BCUT2D eigenvalue weighted by atomic mass is 16.3. The van der Waals surface area contributed by atoms with Crippen molar-refractivity contribution >= 4 is 0 Å². The fourth-order valence-electron chi connectivity index (χ4n) is 1.13. The third-order valence-electron chi connectivity index (χ3n) is 2.06. The van der Waals surface area contributed by atoms with E-state index < -0.39 is 5.72 Å². The van der Waals surface area contributed by atoms with E-state index in [1.807, 2.05) is 6.92 Å². The molecule has 0 aliphatic heterocycles. The van der Waals surface area contributed by atoms with Gasteiger partial charge >= 0.3 is 0 Å². The molecule has 2 atom stereocenters. The number of aliphatic hydroxyl groups excluding tert-OH is 2. The van der Waals surface area contributed by atoms with Gasteiger partial charge in [-0.3, -0.25) is 0 Å². The van der Waals surface area contributed by atoms with E-state index in [4.69, 9.17) is 10.2 Å². The van der Waals surface area contributed by atoms with Crippen LogP contribution < -0.4 is 0 Å². The molecular weight excluding hydrogens is 196 g/mol. The van der Waals surface area contributed by atoms with E-state index in [-0.39, 0.29) is 19.3 Å². The Balaban J connectivity index is 3.89. The van der Waals surface area contributed by atoms with Gasteiger partial charge in [0.05, 0.1) is 6.04 Å². The Labute approximate surface area is 90.9 Å². The van der Waals surface area contributed by atoms with Crippen molar-refractivity contribution in [3.63, 3.8) is 0 Å². The normalized spacial score (nSPS) is 17.9. The second-order valence-corrected chi connectivity index (χ2v) is 3.97. The van der Waals surface area contributed by atoms with E-state index in [9.17, 15) is 5.11 Å². The SMILES string of the molecule is CC(CCCO)N=NC(C)(O)CCCO. The summed E-state index contributed by atoms with van der Waals surface area (Å²) >= 11 is 0. The fourth-order valence-corrected chi connectivity index (χ4v) is 1.13. The van der Waals surface area contributed by atoms with Gasteiger partial charge in [0.2, 0.25) is 0 Å². The maximum atomic E-state index is 9.70. The van der Waals surface area contributed by atoms with Crippen LogP contribution >= 0.6 is 0 Å². The first-order chi connectivity index (χ1) is 7.02. The molecule has 0 amide bonds. The van der Waals surface area contributed by atoms with E-state index in [1.165, 1.54) is 0 Å². The number of aliphatic hydroxyl groups is 3. The van der Waals surface area contributed by atoms with Crippen LogP contribution in [0.3, 0.4) is 0 Å². The van der Waals surface area contributed by atoms with Crippen molar-refractivity contribution in [2.24, 2.45) is 10.2 Å². The average Bonchev–Trinajstić information content (AvgIpc) is 2.21. The Morgan fingerprint density at radius 1 is 1.20 bits per heavy atom. The zero-order chi connectivity index (χ0) is 11.7. The quantitative estimate of drug-likeness (QED) is 0.533. The molecular formula is C10H22N2O3. The molecule has 0 heterocycles. The summed E-state index contributed by atoms with van der Waals surface area (Å²) in [7, 11) is 0. The summed E-state index contributed by atoms with van der Waals surface area (Å²) in [5.74, 6) is 0. The summed E-state index contributed by atoms with van der Waals surface area (Å²) < 4.78 is 0. The van der Waals surface area contributed by atoms with Crippen molar-refractivity contribution in [1.29, 1.82) is 0 Å². The van der Waals surface area contributed by atoms with E-state index >= 15 is 0 Å². The number of rotatable bonds is 8. The van der Waals surface area contributed by atoms with Crippen molar-refractivity contribution in [3.8, 4) is 0 Å². The van der Waals surface area contributed by atoms with Gasteiger partial charge in [0.15, 0.2) is 5.72 Å². The Morgan fingerprint density at radius 3 is 2.33 bits per heavy atom. The molecule has 0 radical (unpaired) electrons. The van der Waals surface area contributed by atoms with Gasteiger partial charge in [-0.05, 0) is 33.1 Å². The van der Waals surface area contributed by atoms with Crippen LogP contribution in [0.15, 0.2) is 10.2 Å². The highest BCUT2D eigenvalue weighted by Crippen LogP contribution is 2.15. The molecule has 0 aromatic carbocycles. The topological polar surface area (TPSA) is 85.4 Å². The lowest BCUT2D eigenvalue weighted by molar-refractivity contribution is 0.0436. The van der Waals surface area contributed by atoms with Crippen LogP contribution in [0.4, 0.5) is 0 Å². The maximum absolute atomic E-state index is 9.70. The number of hydrogen-bond acceptors (Lipinski definition) is 5. The van der Waals surface area contributed by atoms with Gasteiger partial charge in [-0.1, -0.05) is 0 Å². The average molecular weight is 218 g/mol. The molecule has 0 bridgehead atoms. The Kier molecular flexibility index (Phi) is 7.46. The maximum Gasteiger partial charge on any atom is 0.173 e. The molecule has 5 nitrogen and oxygen atoms in total. The third-order valence-corrected chi connectivity index (χ3v) is 2.06. The molecule has 0 spiro atoms. The fraction of sp³-hybridized carbons (Fsp3) is 1.00. The van der Waals surface area contributed by atoms with Gasteiger partial charge in [-0.15, -0.1) is 0 Å². The Bertz CT molecular complexity index is 184. The minimum absolute atomic E-state index is 0.0118. The number of hydrogen-bond donors (Lipinski definition) is 3. The largest absolute Gasteiger partial charge is 0.396 e. The molecule has 0 aliphatic rings. The highest BCUT2D eigenvalue weighted by Gasteiger charge is 2.18. The van der Waals surface area contributed by atoms with Crippen molar-refractivity contribution in [3.05, 3.63) is 0 Å². The molecule has 0 aromatic rings. The van der Waals surface area contributed by atoms with Gasteiger partial charge in [0.25, 0.3) is 0 Å².